The number of aryl methyl sites for hydroxylation is 2. The van der Waals surface area contributed by atoms with Crippen molar-refractivity contribution in [2.45, 2.75) is 65.1 Å². The van der Waals surface area contributed by atoms with Crippen LogP contribution in [0.2, 0.25) is 0 Å². The van der Waals surface area contributed by atoms with Crippen molar-refractivity contribution < 1.29 is 23.9 Å². The fourth-order valence-electron chi connectivity index (χ4n) is 3.58. The first kappa shape index (κ1) is 28.4. The number of carbonyl (C=O) groups excluding carboxylic acids is 4. The molecule has 2 aromatic rings. The Hall–Kier alpha value is -3.88. The third-order valence-electron chi connectivity index (χ3n) is 5.45. The van der Waals surface area contributed by atoms with Gasteiger partial charge in [-0.3, -0.25) is 14.4 Å². The maximum Gasteiger partial charge on any atom is 0.408 e. The van der Waals surface area contributed by atoms with Crippen molar-refractivity contribution in [3.63, 3.8) is 0 Å². The summed E-state index contributed by atoms with van der Waals surface area (Å²) in [4.78, 5) is 52.2. The molecular formula is C27H36N4O5. The smallest absolute Gasteiger partial charge is 0.408 e. The van der Waals surface area contributed by atoms with Crippen molar-refractivity contribution in [3.05, 3.63) is 65.2 Å². The summed E-state index contributed by atoms with van der Waals surface area (Å²) >= 11 is 0. The lowest BCUT2D eigenvalue weighted by molar-refractivity contribution is -0.139. The van der Waals surface area contributed by atoms with Crippen LogP contribution in [0.15, 0.2) is 48.5 Å². The van der Waals surface area contributed by atoms with Crippen LogP contribution in [0.1, 0.15) is 56.3 Å². The zero-order valence-corrected chi connectivity index (χ0v) is 21.8. The maximum atomic E-state index is 13.6. The van der Waals surface area contributed by atoms with Crippen molar-refractivity contribution in [1.29, 1.82) is 0 Å². The van der Waals surface area contributed by atoms with Crippen LogP contribution in [-0.4, -0.2) is 47.4 Å². The molecular weight excluding hydrogens is 460 g/mol. The Morgan fingerprint density at radius 3 is 2.17 bits per heavy atom. The lowest BCUT2D eigenvalue weighted by Gasteiger charge is -2.31. The van der Waals surface area contributed by atoms with Gasteiger partial charge in [0.2, 0.25) is 11.8 Å². The van der Waals surface area contributed by atoms with Crippen molar-refractivity contribution in [3.8, 4) is 0 Å². The topological polar surface area (TPSA) is 131 Å². The second-order valence-corrected chi connectivity index (χ2v) is 9.77. The minimum Gasteiger partial charge on any atom is -0.444 e. The van der Waals surface area contributed by atoms with Gasteiger partial charge < -0.3 is 26.0 Å². The number of nitrogens with one attached hydrogen (secondary N) is 2. The van der Waals surface area contributed by atoms with Crippen LogP contribution in [0.25, 0.3) is 0 Å². The molecule has 2 aromatic carbocycles. The molecule has 0 heterocycles. The Morgan fingerprint density at radius 1 is 1.00 bits per heavy atom. The van der Waals surface area contributed by atoms with E-state index in [9.17, 15) is 19.2 Å². The number of para-hydroxylation sites is 1. The fraction of sp³-hybridized carbons (Fsp3) is 0.407. The highest BCUT2D eigenvalue weighted by atomic mass is 16.6. The zero-order chi connectivity index (χ0) is 27.0. The van der Waals surface area contributed by atoms with Crippen LogP contribution in [0.3, 0.4) is 0 Å². The molecule has 9 nitrogen and oxygen atoms in total. The first-order valence-electron chi connectivity index (χ1n) is 11.8. The monoisotopic (exact) mass is 496 g/mol. The number of anilines is 1. The normalized spacial score (nSPS) is 12.7. The number of nitrogens with two attached hydrogens (primary N) is 1. The molecule has 0 fully saturated rings. The van der Waals surface area contributed by atoms with E-state index in [2.05, 4.69) is 10.6 Å². The Kier molecular flexibility index (Phi) is 9.60. The number of primary amides is 1. The fourth-order valence-corrected chi connectivity index (χ4v) is 3.58. The SMILES string of the molecule is Cc1ccc(C(C(=O)Nc2ccccc2C)N(C)C(=O)C(CCC(N)=O)NC(=O)OC(C)(C)C)cc1. The van der Waals surface area contributed by atoms with Crippen LogP contribution in [0.5, 0.6) is 0 Å². The standard InChI is InChI=1S/C27H36N4O5/c1-17-11-13-19(14-12-17)23(24(33)29-20-10-8-7-9-18(20)2)31(6)25(34)21(15-16-22(28)32)30-26(35)36-27(3,4)5/h7-14,21,23H,15-16H2,1-6H3,(H2,28,32)(H,29,33)(H,30,35). The number of nitrogens with zero attached hydrogens (tertiary/aromatic N) is 1. The molecule has 194 valence electrons. The number of benzene rings is 2. The van der Waals surface area contributed by atoms with Gasteiger partial charge in [0.05, 0.1) is 0 Å². The van der Waals surface area contributed by atoms with E-state index in [4.69, 9.17) is 10.5 Å². The van der Waals surface area contributed by atoms with E-state index < -0.39 is 41.5 Å². The molecule has 4 N–H and O–H groups in total. The molecule has 36 heavy (non-hydrogen) atoms. The molecule has 0 saturated carbocycles. The van der Waals surface area contributed by atoms with Gasteiger partial charge in [-0.05, 0) is 58.2 Å². The highest BCUT2D eigenvalue weighted by Crippen LogP contribution is 2.25. The lowest BCUT2D eigenvalue weighted by Crippen LogP contribution is -2.51. The summed E-state index contributed by atoms with van der Waals surface area (Å²) in [6.45, 7) is 8.88. The number of carbonyl (C=O) groups is 4. The van der Waals surface area contributed by atoms with Gasteiger partial charge in [0, 0.05) is 19.2 Å². The van der Waals surface area contributed by atoms with Gasteiger partial charge in [-0.1, -0.05) is 48.0 Å². The average molecular weight is 497 g/mol. The lowest BCUT2D eigenvalue weighted by atomic mass is 10.0. The second-order valence-electron chi connectivity index (χ2n) is 9.77. The number of rotatable bonds is 9. The maximum absolute atomic E-state index is 13.6. The number of ether oxygens (including phenoxy) is 1. The van der Waals surface area contributed by atoms with E-state index in [1.807, 2.05) is 44.2 Å². The molecule has 0 bridgehead atoms. The number of hydrogen-bond donors (Lipinski definition) is 3. The summed E-state index contributed by atoms with van der Waals surface area (Å²) in [5, 5.41) is 5.43. The molecule has 0 spiro atoms. The van der Waals surface area contributed by atoms with E-state index in [0.717, 1.165) is 11.1 Å². The summed E-state index contributed by atoms with van der Waals surface area (Å²) < 4.78 is 5.29. The molecule has 9 heteroatoms. The molecule has 0 saturated heterocycles. The van der Waals surface area contributed by atoms with Crippen LogP contribution in [0, 0.1) is 13.8 Å². The van der Waals surface area contributed by atoms with Gasteiger partial charge in [0.15, 0.2) is 0 Å². The summed E-state index contributed by atoms with van der Waals surface area (Å²) in [5.41, 5.74) is 7.58. The quantitative estimate of drug-likeness (QED) is 0.488. The van der Waals surface area contributed by atoms with Crippen LogP contribution in [0.4, 0.5) is 10.5 Å². The van der Waals surface area contributed by atoms with Crippen LogP contribution in [-0.2, 0) is 19.1 Å². The van der Waals surface area contributed by atoms with Crippen molar-refractivity contribution in [2.24, 2.45) is 5.73 Å². The zero-order valence-electron chi connectivity index (χ0n) is 21.8. The summed E-state index contributed by atoms with van der Waals surface area (Å²) in [7, 11) is 1.48. The van der Waals surface area contributed by atoms with Gasteiger partial charge in [0.1, 0.15) is 17.7 Å². The van der Waals surface area contributed by atoms with Gasteiger partial charge in [-0.25, -0.2) is 4.79 Å². The Balaban J connectivity index is 2.38. The highest BCUT2D eigenvalue weighted by Gasteiger charge is 2.34. The molecule has 2 atom stereocenters. The van der Waals surface area contributed by atoms with Crippen LogP contribution < -0.4 is 16.4 Å². The van der Waals surface area contributed by atoms with Crippen molar-refractivity contribution in [2.75, 3.05) is 12.4 Å². The van der Waals surface area contributed by atoms with Gasteiger partial charge in [-0.15, -0.1) is 0 Å². The minimum absolute atomic E-state index is 0.0439. The number of hydrogen-bond acceptors (Lipinski definition) is 5. The summed E-state index contributed by atoms with van der Waals surface area (Å²) in [6.07, 6.45) is -0.988. The Bertz CT molecular complexity index is 1090. The van der Waals surface area contributed by atoms with E-state index in [-0.39, 0.29) is 12.8 Å². The Labute approximate surface area is 212 Å². The molecule has 0 aliphatic heterocycles. The number of alkyl carbamates (subject to hydrolysis) is 1. The molecule has 0 radical (unpaired) electrons. The molecule has 0 aliphatic rings. The summed E-state index contributed by atoms with van der Waals surface area (Å²) in [6, 6.07) is 12.5. The summed E-state index contributed by atoms with van der Waals surface area (Å²) in [5.74, 6) is -1.60. The van der Waals surface area contributed by atoms with E-state index in [0.29, 0.717) is 11.3 Å². The minimum atomic E-state index is -1.13. The number of likely N-dealkylation sites (N-methyl/N-ethyl adjacent to an activating group) is 1. The van der Waals surface area contributed by atoms with Crippen molar-refractivity contribution >= 4 is 29.5 Å². The largest absolute Gasteiger partial charge is 0.444 e. The second kappa shape index (κ2) is 12.2. The predicted octanol–water partition coefficient (Wildman–Crippen LogP) is 3.60. The Morgan fingerprint density at radius 2 is 1.61 bits per heavy atom. The third kappa shape index (κ3) is 8.41. The van der Waals surface area contributed by atoms with E-state index in [1.54, 1.807) is 39.0 Å². The van der Waals surface area contributed by atoms with E-state index >= 15 is 0 Å². The molecule has 2 rings (SSSR count). The molecule has 4 amide bonds. The van der Waals surface area contributed by atoms with Crippen molar-refractivity contribution in [1.82, 2.24) is 10.2 Å². The van der Waals surface area contributed by atoms with Gasteiger partial charge >= 0.3 is 6.09 Å². The number of amides is 4. The third-order valence-corrected chi connectivity index (χ3v) is 5.45. The molecule has 0 aromatic heterocycles. The highest BCUT2D eigenvalue weighted by molar-refractivity contribution is 5.99. The first-order chi connectivity index (χ1) is 16.8. The average Bonchev–Trinajstić information content (AvgIpc) is 2.77. The molecule has 0 aliphatic carbocycles. The predicted molar refractivity (Wildman–Crippen MR) is 138 cm³/mol. The van der Waals surface area contributed by atoms with Gasteiger partial charge in [0.25, 0.3) is 5.91 Å². The first-order valence-corrected chi connectivity index (χ1v) is 11.8. The van der Waals surface area contributed by atoms with E-state index in [1.165, 1.54) is 11.9 Å². The molecule has 2 unspecified atom stereocenters. The van der Waals surface area contributed by atoms with Crippen LogP contribution >= 0.6 is 0 Å². The van der Waals surface area contributed by atoms with Gasteiger partial charge in [-0.2, -0.15) is 0 Å².